The molecule has 0 aliphatic heterocycles. The van der Waals surface area contributed by atoms with Crippen LogP contribution in [0.5, 0.6) is 0 Å². The molecule has 0 N–H and O–H groups in total. The van der Waals surface area contributed by atoms with Gasteiger partial charge in [-0.2, -0.15) is 0 Å². The Morgan fingerprint density at radius 2 is 2.08 bits per heavy atom. The molecule has 72 valence electrons. The number of nitrogens with zero attached hydrogens (tertiary/aromatic N) is 1. The summed E-state index contributed by atoms with van der Waals surface area (Å²) < 4.78 is 19.8. The van der Waals surface area contributed by atoms with Crippen molar-refractivity contribution in [1.82, 2.24) is 0 Å². The lowest BCUT2D eigenvalue weighted by Crippen LogP contribution is -2.25. The molecule has 12 heavy (non-hydrogen) atoms. The molecule has 4 heteroatoms. The van der Waals surface area contributed by atoms with Gasteiger partial charge in [0.1, 0.15) is 16.1 Å². The van der Waals surface area contributed by atoms with Gasteiger partial charge in [0.05, 0.1) is 12.8 Å². The van der Waals surface area contributed by atoms with Crippen molar-refractivity contribution in [2.75, 3.05) is 13.7 Å². The normalized spacial score (nSPS) is 15.4. The van der Waals surface area contributed by atoms with Crippen molar-refractivity contribution in [3.63, 3.8) is 0 Å². The lowest BCUT2D eigenvalue weighted by molar-refractivity contribution is 0.208. The second-order valence-corrected chi connectivity index (χ2v) is 5.36. The van der Waals surface area contributed by atoms with E-state index in [9.17, 15) is 4.55 Å². The number of ether oxygens (including phenoxy) is 1. The molecule has 0 bridgehead atoms. The highest BCUT2D eigenvalue weighted by Crippen LogP contribution is 2.16. The molecule has 0 heterocycles. The Balaban J connectivity index is 3.68. The maximum Gasteiger partial charge on any atom is 0.144 e. The first-order valence-corrected chi connectivity index (χ1v) is 5.02. The lowest BCUT2D eigenvalue weighted by atomic mass is 10.3. The van der Waals surface area contributed by atoms with Crippen LogP contribution in [0.1, 0.15) is 27.2 Å². The standard InChI is InChI=1S/C8H17NO2S/c1-8(2,3)12(10)9-6-5-7-11-4/h6H,5,7H2,1-4H3/t12-/m0/s1. The van der Waals surface area contributed by atoms with Crippen molar-refractivity contribution in [3.8, 4) is 0 Å². The first-order chi connectivity index (χ1) is 5.48. The summed E-state index contributed by atoms with van der Waals surface area (Å²) in [6.07, 6.45) is 2.38. The quantitative estimate of drug-likeness (QED) is 0.384. The van der Waals surface area contributed by atoms with Crippen molar-refractivity contribution >= 4 is 17.6 Å². The fourth-order valence-corrected chi connectivity index (χ4v) is 1.01. The Hall–Kier alpha value is -0.0600. The van der Waals surface area contributed by atoms with Crippen LogP contribution in [-0.4, -0.2) is 29.2 Å². The second kappa shape index (κ2) is 5.56. The predicted octanol–water partition coefficient (Wildman–Crippen LogP) is 1.56. The van der Waals surface area contributed by atoms with Gasteiger partial charge in [0.2, 0.25) is 0 Å². The number of methoxy groups -OCH3 is 1. The minimum Gasteiger partial charge on any atom is -0.591 e. The molecule has 0 radical (unpaired) electrons. The van der Waals surface area contributed by atoms with Gasteiger partial charge in [-0.3, -0.25) is 0 Å². The van der Waals surface area contributed by atoms with E-state index < -0.39 is 11.4 Å². The Morgan fingerprint density at radius 3 is 2.50 bits per heavy atom. The predicted molar refractivity (Wildman–Crippen MR) is 52.9 cm³/mol. The van der Waals surface area contributed by atoms with Gasteiger partial charge in [-0.05, 0) is 20.8 Å². The molecule has 1 atom stereocenters. The van der Waals surface area contributed by atoms with Crippen molar-refractivity contribution in [2.45, 2.75) is 31.9 Å². The third-order valence-electron chi connectivity index (χ3n) is 1.15. The number of hydrogen-bond acceptors (Lipinski definition) is 3. The molecule has 0 aliphatic rings. The highest BCUT2D eigenvalue weighted by molar-refractivity contribution is 7.91. The summed E-state index contributed by atoms with van der Waals surface area (Å²) in [6, 6.07) is 0. The van der Waals surface area contributed by atoms with E-state index >= 15 is 0 Å². The maximum absolute atomic E-state index is 11.3. The zero-order valence-corrected chi connectivity index (χ0v) is 8.98. The van der Waals surface area contributed by atoms with E-state index in [1.54, 1.807) is 13.3 Å². The summed E-state index contributed by atoms with van der Waals surface area (Å²) in [5.74, 6) is 0. The zero-order chi connectivity index (χ0) is 9.61. The number of hydrogen-bond donors (Lipinski definition) is 0. The Bertz CT molecular complexity index is 142. The van der Waals surface area contributed by atoms with Gasteiger partial charge < -0.3 is 9.29 Å². The number of rotatable bonds is 4. The van der Waals surface area contributed by atoms with E-state index in [1.807, 2.05) is 20.8 Å². The molecule has 0 aromatic carbocycles. The average molecular weight is 191 g/mol. The van der Waals surface area contributed by atoms with Gasteiger partial charge in [0, 0.05) is 13.5 Å². The molecule has 0 fully saturated rings. The summed E-state index contributed by atoms with van der Waals surface area (Å²) in [5.41, 5.74) is 0. The van der Waals surface area contributed by atoms with Gasteiger partial charge >= 0.3 is 0 Å². The summed E-state index contributed by atoms with van der Waals surface area (Å²) in [5, 5.41) is 0. The summed E-state index contributed by atoms with van der Waals surface area (Å²) in [6.45, 7) is 6.33. The van der Waals surface area contributed by atoms with E-state index in [2.05, 4.69) is 4.40 Å². The monoisotopic (exact) mass is 191 g/mol. The molecule has 0 aromatic heterocycles. The molecule has 0 spiro atoms. The maximum atomic E-state index is 11.3. The van der Waals surface area contributed by atoms with Crippen LogP contribution >= 0.6 is 0 Å². The first kappa shape index (κ1) is 11.9. The summed E-state index contributed by atoms with van der Waals surface area (Å²) >= 11 is -1.13. The van der Waals surface area contributed by atoms with Gasteiger partial charge in [0.15, 0.2) is 0 Å². The molecule has 0 saturated carbocycles. The molecule has 0 aliphatic carbocycles. The van der Waals surface area contributed by atoms with E-state index in [4.69, 9.17) is 4.74 Å². The van der Waals surface area contributed by atoms with Crippen LogP contribution in [0.3, 0.4) is 0 Å². The molecule has 0 aromatic rings. The van der Waals surface area contributed by atoms with Gasteiger partial charge in [-0.1, -0.05) is 4.40 Å². The minimum atomic E-state index is -1.13. The van der Waals surface area contributed by atoms with Crippen LogP contribution in [0.15, 0.2) is 4.40 Å². The lowest BCUT2D eigenvalue weighted by Gasteiger charge is -2.17. The fourth-order valence-electron chi connectivity index (χ4n) is 0.449. The van der Waals surface area contributed by atoms with E-state index in [0.29, 0.717) is 6.61 Å². The van der Waals surface area contributed by atoms with Crippen molar-refractivity contribution < 1.29 is 9.29 Å². The van der Waals surface area contributed by atoms with Crippen LogP contribution < -0.4 is 0 Å². The van der Waals surface area contributed by atoms with Crippen molar-refractivity contribution in [1.29, 1.82) is 0 Å². The van der Waals surface area contributed by atoms with Crippen molar-refractivity contribution in [2.24, 2.45) is 4.40 Å². The van der Waals surface area contributed by atoms with Crippen LogP contribution in [0.2, 0.25) is 0 Å². The molecule has 0 amide bonds. The Labute approximate surface area is 77.5 Å². The zero-order valence-electron chi connectivity index (χ0n) is 8.16. The fraction of sp³-hybridized carbons (Fsp3) is 0.875. The van der Waals surface area contributed by atoms with Crippen LogP contribution in [-0.2, 0) is 16.1 Å². The Kier molecular flexibility index (Phi) is 5.53. The SMILES string of the molecule is COCCC=N[S@@+]([O-])C(C)(C)C. The molecular weight excluding hydrogens is 174 g/mol. The van der Waals surface area contributed by atoms with Crippen LogP contribution in [0.4, 0.5) is 0 Å². The third-order valence-corrected chi connectivity index (χ3v) is 2.53. The summed E-state index contributed by atoms with van der Waals surface area (Å²) in [7, 11) is 1.63. The van der Waals surface area contributed by atoms with E-state index in [-0.39, 0.29) is 4.75 Å². The first-order valence-electron chi connectivity index (χ1n) is 3.92. The summed E-state index contributed by atoms with van der Waals surface area (Å²) in [4.78, 5) is 0. The minimum absolute atomic E-state index is 0.260. The highest BCUT2D eigenvalue weighted by Gasteiger charge is 2.25. The molecular formula is C8H17NO2S. The molecule has 0 unspecified atom stereocenters. The smallest absolute Gasteiger partial charge is 0.144 e. The average Bonchev–Trinajstić information content (AvgIpc) is 1.96. The Morgan fingerprint density at radius 1 is 1.50 bits per heavy atom. The molecule has 0 saturated heterocycles. The van der Waals surface area contributed by atoms with Gasteiger partial charge in [-0.15, -0.1) is 0 Å². The topological polar surface area (TPSA) is 44.6 Å². The van der Waals surface area contributed by atoms with Gasteiger partial charge in [-0.25, -0.2) is 0 Å². The second-order valence-electron chi connectivity index (χ2n) is 3.43. The third kappa shape index (κ3) is 5.57. The van der Waals surface area contributed by atoms with E-state index in [1.165, 1.54) is 0 Å². The van der Waals surface area contributed by atoms with Crippen molar-refractivity contribution in [3.05, 3.63) is 0 Å². The van der Waals surface area contributed by atoms with Crippen LogP contribution in [0, 0.1) is 0 Å². The molecule has 0 rings (SSSR count). The molecule has 3 nitrogen and oxygen atoms in total. The highest BCUT2D eigenvalue weighted by atomic mass is 32.2. The van der Waals surface area contributed by atoms with E-state index in [0.717, 1.165) is 6.42 Å². The van der Waals surface area contributed by atoms with Crippen LogP contribution in [0.25, 0.3) is 0 Å². The van der Waals surface area contributed by atoms with Gasteiger partial charge in [0.25, 0.3) is 0 Å². The largest absolute Gasteiger partial charge is 0.591 e.